The molecule has 1 aliphatic carbocycles. The van der Waals surface area contributed by atoms with Gasteiger partial charge in [-0.25, -0.2) is 0 Å². The zero-order valence-corrected chi connectivity index (χ0v) is 18.2. The van der Waals surface area contributed by atoms with E-state index in [9.17, 15) is 9.59 Å². The van der Waals surface area contributed by atoms with Crippen LogP contribution >= 0.6 is 0 Å². The summed E-state index contributed by atoms with van der Waals surface area (Å²) < 4.78 is 11.3. The van der Waals surface area contributed by atoms with Gasteiger partial charge in [0.2, 0.25) is 5.91 Å². The molecular weight excluding hydrogens is 404 g/mol. The number of anilines is 1. The molecule has 2 amide bonds. The summed E-state index contributed by atoms with van der Waals surface area (Å²) in [6, 6.07) is 19.2. The molecule has 6 heteroatoms. The van der Waals surface area contributed by atoms with Gasteiger partial charge in [0.05, 0.1) is 18.6 Å². The van der Waals surface area contributed by atoms with E-state index in [4.69, 9.17) is 9.15 Å². The second-order valence-corrected chi connectivity index (χ2v) is 7.86. The molecule has 0 aliphatic heterocycles. The quantitative estimate of drug-likeness (QED) is 0.536. The fraction of sp³-hybridized carbons (Fsp3) is 0.308. The third-order valence-corrected chi connectivity index (χ3v) is 5.70. The lowest BCUT2D eigenvalue weighted by Gasteiger charge is -2.32. The number of amides is 2. The van der Waals surface area contributed by atoms with E-state index in [1.807, 2.05) is 49.4 Å². The van der Waals surface area contributed by atoms with Gasteiger partial charge in [0, 0.05) is 6.04 Å². The molecule has 0 bridgehead atoms. The minimum Gasteiger partial charge on any atom is -0.492 e. The van der Waals surface area contributed by atoms with Gasteiger partial charge in [-0.3, -0.25) is 14.5 Å². The van der Waals surface area contributed by atoms with E-state index >= 15 is 0 Å². The van der Waals surface area contributed by atoms with Gasteiger partial charge < -0.3 is 14.5 Å². The maximum Gasteiger partial charge on any atom is 0.295 e. The topological polar surface area (TPSA) is 71.8 Å². The zero-order valence-electron chi connectivity index (χ0n) is 18.2. The molecule has 166 valence electrons. The van der Waals surface area contributed by atoms with Crippen molar-refractivity contribution in [3.8, 4) is 5.75 Å². The number of nitrogens with one attached hydrogen (secondary N) is 1. The van der Waals surface area contributed by atoms with Gasteiger partial charge in [-0.15, -0.1) is 0 Å². The summed E-state index contributed by atoms with van der Waals surface area (Å²) in [6.07, 6.45) is 5.56. The van der Waals surface area contributed by atoms with Crippen LogP contribution in [0.1, 0.15) is 54.8 Å². The van der Waals surface area contributed by atoms with E-state index in [1.165, 1.54) is 11.2 Å². The molecule has 1 fully saturated rings. The van der Waals surface area contributed by atoms with Crippen LogP contribution in [0.15, 0.2) is 77.4 Å². The Morgan fingerprint density at radius 3 is 2.44 bits per heavy atom. The zero-order chi connectivity index (χ0) is 22.3. The van der Waals surface area contributed by atoms with Crippen LogP contribution in [0.5, 0.6) is 5.75 Å². The van der Waals surface area contributed by atoms with Gasteiger partial charge in [0.15, 0.2) is 5.76 Å². The second kappa shape index (κ2) is 10.2. The Kier molecular flexibility index (Phi) is 6.90. The van der Waals surface area contributed by atoms with E-state index in [2.05, 4.69) is 5.32 Å². The molecule has 0 unspecified atom stereocenters. The highest BCUT2D eigenvalue weighted by atomic mass is 16.5. The van der Waals surface area contributed by atoms with Crippen LogP contribution in [0.4, 0.5) is 5.69 Å². The molecule has 0 radical (unpaired) electrons. The molecule has 1 N–H and O–H groups in total. The Morgan fingerprint density at radius 1 is 1.03 bits per heavy atom. The summed E-state index contributed by atoms with van der Waals surface area (Å²) in [6.45, 7) is 2.32. The lowest BCUT2D eigenvalue weighted by Crippen LogP contribution is -2.46. The molecule has 32 heavy (non-hydrogen) atoms. The van der Waals surface area contributed by atoms with Crippen molar-refractivity contribution in [3.05, 3.63) is 84.3 Å². The predicted molar refractivity (Wildman–Crippen MR) is 123 cm³/mol. The van der Waals surface area contributed by atoms with Gasteiger partial charge in [-0.1, -0.05) is 55.3 Å². The van der Waals surface area contributed by atoms with Crippen molar-refractivity contribution in [2.75, 3.05) is 11.5 Å². The highest BCUT2D eigenvalue weighted by Crippen LogP contribution is 2.36. The van der Waals surface area contributed by atoms with Crippen LogP contribution in [-0.4, -0.2) is 24.5 Å². The highest BCUT2D eigenvalue weighted by molar-refractivity contribution is 6.09. The van der Waals surface area contributed by atoms with Crippen molar-refractivity contribution in [3.63, 3.8) is 0 Å². The smallest absolute Gasteiger partial charge is 0.295 e. The van der Waals surface area contributed by atoms with E-state index in [-0.39, 0.29) is 17.7 Å². The average molecular weight is 433 g/mol. The number of hydrogen-bond donors (Lipinski definition) is 1. The van der Waals surface area contributed by atoms with E-state index in [0.29, 0.717) is 23.6 Å². The van der Waals surface area contributed by atoms with Crippen molar-refractivity contribution < 1.29 is 18.7 Å². The minimum absolute atomic E-state index is 0.122. The molecular formula is C26H28N2O4. The number of rotatable bonds is 8. The van der Waals surface area contributed by atoms with Gasteiger partial charge >= 0.3 is 0 Å². The van der Waals surface area contributed by atoms with Crippen molar-refractivity contribution in [2.45, 2.75) is 44.7 Å². The molecule has 1 saturated carbocycles. The van der Waals surface area contributed by atoms with Crippen LogP contribution in [0, 0.1) is 0 Å². The number of hydrogen-bond acceptors (Lipinski definition) is 4. The Hall–Kier alpha value is -3.54. The SMILES string of the molecule is CCOc1ccccc1N(C(=O)c1ccco1)[C@H](C(=O)NC1CCCC1)c1ccccc1. The summed E-state index contributed by atoms with van der Waals surface area (Å²) in [4.78, 5) is 28.9. The molecule has 0 spiro atoms. The summed E-state index contributed by atoms with van der Waals surface area (Å²) in [5, 5.41) is 3.18. The molecule has 1 atom stereocenters. The lowest BCUT2D eigenvalue weighted by molar-refractivity contribution is -0.123. The Balaban J connectivity index is 1.82. The van der Waals surface area contributed by atoms with E-state index in [0.717, 1.165) is 25.7 Å². The molecule has 1 heterocycles. The Bertz CT molecular complexity index is 1030. The third kappa shape index (κ3) is 4.69. The molecule has 1 aliphatic rings. The summed E-state index contributed by atoms with van der Waals surface area (Å²) >= 11 is 0. The molecule has 6 nitrogen and oxygen atoms in total. The summed E-state index contributed by atoms with van der Waals surface area (Å²) in [7, 11) is 0. The lowest BCUT2D eigenvalue weighted by atomic mass is 10.0. The Morgan fingerprint density at radius 2 is 1.75 bits per heavy atom. The van der Waals surface area contributed by atoms with Gasteiger partial charge in [-0.05, 0) is 49.6 Å². The molecule has 4 rings (SSSR count). The van der Waals surface area contributed by atoms with Gasteiger partial charge in [0.25, 0.3) is 5.91 Å². The number of ether oxygens (including phenoxy) is 1. The van der Waals surface area contributed by atoms with Crippen molar-refractivity contribution >= 4 is 17.5 Å². The molecule has 0 saturated heterocycles. The number of nitrogens with zero attached hydrogens (tertiary/aromatic N) is 1. The first-order valence-corrected chi connectivity index (χ1v) is 11.1. The molecule has 1 aromatic heterocycles. The fourth-order valence-electron chi connectivity index (χ4n) is 4.22. The first kappa shape index (κ1) is 21.7. The monoisotopic (exact) mass is 432 g/mol. The van der Waals surface area contributed by atoms with Gasteiger partial charge in [-0.2, -0.15) is 0 Å². The number of benzene rings is 2. The van der Waals surface area contributed by atoms with Gasteiger partial charge in [0.1, 0.15) is 11.8 Å². The normalized spacial score (nSPS) is 14.7. The minimum atomic E-state index is -0.879. The average Bonchev–Trinajstić information content (AvgIpc) is 3.53. The van der Waals surface area contributed by atoms with Crippen LogP contribution in [0.3, 0.4) is 0 Å². The van der Waals surface area contributed by atoms with Crippen molar-refractivity contribution in [2.24, 2.45) is 0 Å². The third-order valence-electron chi connectivity index (χ3n) is 5.70. The first-order chi connectivity index (χ1) is 15.7. The summed E-state index contributed by atoms with van der Waals surface area (Å²) in [5.41, 5.74) is 1.24. The maximum absolute atomic E-state index is 13.7. The van der Waals surface area contributed by atoms with Crippen LogP contribution < -0.4 is 15.0 Å². The predicted octanol–water partition coefficient (Wildman–Crippen LogP) is 5.13. The largest absolute Gasteiger partial charge is 0.492 e. The number of carbonyl (C=O) groups excluding carboxylic acids is 2. The van der Waals surface area contributed by atoms with Crippen LogP contribution in [0.25, 0.3) is 0 Å². The van der Waals surface area contributed by atoms with Crippen molar-refractivity contribution in [1.82, 2.24) is 5.32 Å². The van der Waals surface area contributed by atoms with Crippen LogP contribution in [0.2, 0.25) is 0 Å². The van der Waals surface area contributed by atoms with E-state index in [1.54, 1.807) is 24.3 Å². The molecule has 3 aromatic rings. The standard InChI is InChI=1S/C26H28N2O4/c1-2-31-22-16-9-8-15-21(22)28(26(30)23-17-10-18-32-23)24(19-11-4-3-5-12-19)25(29)27-20-13-6-7-14-20/h3-5,8-12,15-18,20,24H,2,6-7,13-14H2,1H3,(H,27,29)/t24-/m0/s1. The maximum atomic E-state index is 13.7. The fourth-order valence-corrected chi connectivity index (χ4v) is 4.22. The number of furan rings is 1. The first-order valence-electron chi connectivity index (χ1n) is 11.1. The van der Waals surface area contributed by atoms with Crippen LogP contribution in [-0.2, 0) is 4.79 Å². The molecule has 2 aromatic carbocycles. The Labute approximate surface area is 188 Å². The van der Waals surface area contributed by atoms with E-state index < -0.39 is 11.9 Å². The second-order valence-electron chi connectivity index (χ2n) is 7.86. The number of carbonyl (C=O) groups is 2. The van der Waals surface area contributed by atoms with Crippen molar-refractivity contribution in [1.29, 1.82) is 0 Å². The number of para-hydroxylation sites is 2. The summed E-state index contributed by atoms with van der Waals surface area (Å²) in [5.74, 6) is 0.0716. The highest BCUT2D eigenvalue weighted by Gasteiger charge is 2.37.